The van der Waals surface area contributed by atoms with Crippen molar-refractivity contribution in [1.82, 2.24) is 19.9 Å². The van der Waals surface area contributed by atoms with E-state index < -0.39 is 0 Å². The summed E-state index contributed by atoms with van der Waals surface area (Å²) in [6.07, 6.45) is 4.71. The van der Waals surface area contributed by atoms with Gasteiger partial charge in [-0.1, -0.05) is 5.21 Å². The summed E-state index contributed by atoms with van der Waals surface area (Å²) >= 11 is 1.67. The Labute approximate surface area is 138 Å². The number of benzene rings is 1. The molecule has 2 aliphatic heterocycles. The van der Waals surface area contributed by atoms with Crippen LogP contribution in [0.4, 0.5) is 0 Å². The van der Waals surface area contributed by atoms with Crippen molar-refractivity contribution in [3.8, 4) is 0 Å². The molecular formula is C16H18N4O2S. The number of fused-ring (bicyclic) bond motifs is 3. The average Bonchev–Trinajstić information content (AvgIpc) is 3.10. The van der Waals surface area contributed by atoms with E-state index in [1.165, 1.54) is 0 Å². The minimum atomic E-state index is 0.0596. The smallest absolute Gasteiger partial charge is 0.253 e. The number of likely N-dealkylation sites (tertiary alicyclic amines) is 1. The third kappa shape index (κ3) is 2.64. The van der Waals surface area contributed by atoms with Crippen molar-refractivity contribution >= 4 is 17.7 Å². The van der Waals surface area contributed by atoms with Crippen molar-refractivity contribution in [2.24, 2.45) is 0 Å². The van der Waals surface area contributed by atoms with Crippen LogP contribution in [-0.2, 0) is 11.3 Å². The van der Waals surface area contributed by atoms with Gasteiger partial charge in [-0.3, -0.25) is 4.79 Å². The average molecular weight is 330 g/mol. The first-order valence-electron chi connectivity index (χ1n) is 7.70. The Morgan fingerprint density at radius 1 is 1.35 bits per heavy atom. The molecule has 120 valence electrons. The monoisotopic (exact) mass is 330 g/mol. The standard InChI is InChI=1S/C16H18N4O2S/c1-23-13-4-2-11(3-5-13)16(21)19-7-6-15-14(9-19)20-12(10-22-15)8-17-18-20/h2-5,8,14-15H,6-7,9-10H2,1H3/t14-,15-/m1/s1. The lowest BCUT2D eigenvalue weighted by Crippen LogP contribution is -2.49. The number of piperidine rings is 1. The Kier molecular flexibility index (Phi) is 3.82. The van der Waals surface area contributed by atoms with Gasteiger partial charge >= 0.3 is 0 Å². The Bertz CT molecular complexity index is 715. The minimum Gasteiger partial charge on any atom is -0.370 e. The van der Waals surface area contributed by atoms with E-state index in [2.05, 4.69) is 10.3 Å². The third-order valence-electron chi connectivity index (χ3n) is 4.55. The SMILES string of the molecule is CSc1ccc(C(=O)N2CC[C@H]3OCc4cnnn4[C@@H]3C2)cc1. The van der Waals surface area contributed by atoms with Crippen molar-refractivity contribution in [2.75, 3.05) is 19.3 Å². The summed E-state index contributed by atoms with van der Waals surface area (Å²) in [7, 11) is 0. The second-order valence-corrected chi connectivity index (χ2v) is 6.73. The Morgan fingerprint density at radius 2 is 2.17 bits per heavy atom. The molecule has 7 heteroatoms. The largest absolute Gasteiger partial charge is 0.370 e. The first-order chi connectivity index (χ1) is 11.3. The van der Waals surface area contributed by atoms with Gasteiger partial charge in [0.25, 0.3) is 5.91 Å². The molecule has 1 saturated heterocycles. The number of aromatic nitrogens is 3. The van der Waals surface area contributed by atoms with Gasteiger partial charge in [0.05, 0.1) is 30.6 Å². The molecule has 6 nitrogen and oxygen atoms in total. The number of rotatable bonds is 2. The number of hydrogen-bond donors (Lipinski definition) is 0. The molecule has 4 rings (SSSR count). The number of carbonyl (C=O) groups is 1. The summed E-state index contributed by atoms with van der Waals surface area (Å²) in [5.41, 5.74) is 1.71. The van der Waals surface area contributed by atoms with Gasteiger partial charge in [0, 0.05) is 23.5 Å². The highest BCUT2D eigenvalue weighted by Crippen LogP contribution is 2.30. The lowest BCUT2D eigenvalue weighted by atomic mass is 9.99. The van der Waals surface area contributed by atoms with Gasteiger partial charge in [-0.2, -0.15) is 0 Å². The van der Waals surface area contributed by atoms with Crippen LogP contribution in [0.2, 0.25) is 0 Å². The van der Waals surface area contributed by atoms with Crippen LogP contribution in [0.25, 0.3) is 0 Å². The number of hydrogen-bond acceptors (Lipinski definition) is 5. The first kappa shape index (κ1) is 14.7. The first-order valence-corrected chi connectivity index (χ1v) is 8.93. The topological polar surface area (TPSA) is 60.3 Å². The zero-order valence-electron chi connectivity index (χ0n) is 12.9. The molecule has 2 aromatic rings. The molecule has 1 fully saturated rings. The molecule has 0 saturated carbocycles. The molecule has 1 amide bonds. The Morgan fingerprint density at radius 3 is 2.96 bits per heavy atom. The Hall–Kier alpha value is -1.86. The van der Waals surface area contributed by atoms with Gasteiger partial charge in [0.1, 0.15) is 0 Å². The fourth-order valence-electron chi connectivity index (χ4n) is 3.28. The van der Waals surface area contributed by atoms with Crippen LogP contribution in [0.15, 0.2) is 35.4 Å². The van der Waals surface area contributed by atoms with Gasteiger partial charge in [-0.05, 0) is 36.9 Å². The zero-order chi connectivity index (χ0) is 15.8. The Balaban J connectivity index is 1.54. The third-order valence-corrected chi connectivity index (χ3v) is 5.30. The molecule has 1 aromatic heterocycles. The molecule has 0 spiro atoms. The van der Waals surface area contributed by atoms with Crippen LogP contribution in [0.1, 0.15) is 28.5 Å². The quantitative estimate of drug-likeness (QED) is 0.788. The minimum absolute atomic E-state index is 0.0596. The number of amides is 1. The highest BCUT2D eigenvalue weighted by atomic mass is 32.2. The maximum Gasteiger partial charge on any atom is 0.253 e. The van der Waals surface area contributed by atoms with Gasteiger partial charge in [-0.25, -0.2) is 4.68 Å². The summed E-state index contributed by atoms with van der Waals surface area (Å²) in [4.78, 5) is 15.8. The van der Waals surface area contributed by atoms with Crippen LogP contribution in [0.5, 0.6) is 0 Å². The van der Waals surface area contributed by atoms with Crippen LogP contribution in [0, 0.1) is 0 Å². The highest BCUT2D eigenvalue weighted by Gasteiger charge is 2.37. The van der Waals surface area contributed by atoms with Crippen LogP contribution in [-0.4, -0.2) is 51.3 Å². The van der Waals surface area contributed by atoms with E-state index in [-0.39, 0.29) is 18.1 Å². The predicted molar refractivity (Wildman–Crippen MR) is 86.4 cm³/mol. The van der Waals surface area contributed by atoms with E-state index in [0.717, 1.165) is 22.6 Å². The summed E-state index contributed by atoms with van der Waals surface area (Å²) in [6, 6.07) is 7.84. The lowest BCUT2D eigenvalue weighted by Gasteiger charge is -2.41. The summed E-state index contributed by atoms with van der Waals surface area (Å²) < 4.78 is 7.81. The number of nitrogens with zero attached hydrogens (tertiary/aromatic N) is 4. The predicted octanol–water partition coefficient (Wildman–Crippen LogP) is 1.99. The van der Waals surface area contributed by atoms with E-state index in [1.54, 1.807) is 18.0 Å². The lowest BCUT2D eigenvalue weighted by molar-refractivity contribution is -0.0605. The molecule has 0 radical (unpaired) electrons. The van der Waals surface area contributed by atoms with Crippen molar-refractivity contribution in [1.29, 1.82) is 0 Å². The summed E-state index contributed by atoms with van der Waals surface area (Å²) in [6.45, 7) is 1.89. The van der Waals surface area contributed by atoms with Crippen LogP contribution in [0.3, 0.4) is 0 Å². The molecule has 2 aliphatic rings. The van der Waals surface area contributed by atoms with Gasteiger partial charge in [0.2, 0.25) is 0 Å². The van der Waals surface area contributed by atoms with E-state index in [4.69, 9.17) is 4.74 Å². The molecule has 23 heavy (non-hydrogen) atoms. The zero-order valence-corrected chi connectivity index (χ0v) is 13.7. The van der Waals surface area contributed by atoms with E-state index in [9.17, 15) is 4.79 Å². The van der Waals surface area contributed by atoms with Crippen molar-refractivity contribution in [3.05, 3.63) is 41.7 Å². The fraction of sp³-hybridized carbons (Fsp3) is 0.438. The molecule has 0 N–H and O–H groups in total. The molecule has 0 aliphatic carbocycles. The summed E-state index contributed by atoms with van der Waals surface area (Å²) in [5, 5.41) is 8.15. The molecule has 0 unspecified atom stereocenters. The van der Waals surface area contributed by atoms with Gasteiger partial charge in [-0.15, -0.1) is 16.9 Å². The van der Waals surface area contributed by atoms with Gasteiger partial charge in [0.15, 0.2) is 0 Å². The molecule has 2 atom stereocenters. The maximum absolute atomic E-state index is 12.8. The van der Waals surface area contributed by atoms with Crippen LogP contribution >= 0.6 is 11.8 Å². The van der Waals surface area contributed by atoms with E-state index in [0.29, 0.717) is 19.7 Å². The second kappa shape index (κ2) is 5.98. The van der Waals surface area contributed by atoms with Crippen LogP contribution < -0.4 is 0 Å². The number of ether oxygens (including phenoxy) is 1. The number of thioether (sulfide) groups is 1. The highest BCUT2D eigenvalue weighted by molar-refractivity contribution is 7.98. The van der Waals surface area contributed by atoms with E-state index >= 15 is 0 Å². The van der Waals surface area contributed by atoms with Gasteiger partial charge < -0.3 is 9.64 Å². The van der Waals surface area contributed by atoms with Crippen molar-refractivity contribution < 1.29 is 9.53 Å². The maximum atomic E-state index is 12.8. The molecule has 3 heterocycles. The van der Waals surface area contributed by atoms with Crippen molar-refractivity contribution in [2.45, 2.75) is 30.1 Å². The number of carbonyl (C=O) groups excluding carboxylic acids is 1. The second-order valence-electron chi connectivity index (χ2n) is 5.86. The van der Waals surface area contributed by atoms with Crippen molar-refractivity contribution in [3.63, 3.8) is 0 Å². The molecular weight excluding hydrogens is 312 g/mol. The van der Waals surface area contributed by atoms with E-state index in [1.807, 2.05) is 40.1 Å². The normalized spacial score (nSPS) is 23.3. The fourth-order valence-corrected chi connectivity index (χ4v) is 3.69. The molecule has 0 bridgehead atoms. The summed E-state index contributed by atoms with van der Waals surface area (Å²) in [5.74, 6) is 0.0725. The molecule has 1 aromatic carbocycles.